The molecule has 2 rings (SSSR count). The van der Waals surface area contributed by atoms with Gasteiger partial charge in [-0.05, 0) is 24.6 Å². The second kappa shape index (κ2) is 5.75. The number of halogens is 4. The van der Waals surface area contributed by atoms with Crippen LogP contribution in [0.1, 0.15) is 18.4 Å². The Morgan fingerprint density at radius 1 is 1.32 bits per heavy atom. The summed E-state index contributed by atoms with van der Waals surface area (Å²) in [6.45, 7) is 1.22. The van der Waals surface area contributed by atoms with Crippen LogP contribution in [0.5, 0.6) is 0 Å². The van der Waals surface area contributed by atoms with Crippen LogP contribution in [0.2, 0.25) is 0 Å². The summed E-state index contributed by atoms with van der Waals surface area (Å²) in [6.07, 6.45) is -5.87. The first-order valence-electron chi connectivity index (χ1n) is 6.73. The number of likely N-dealkylation sites (tertiary alicyclic amines) is 1. The zero-order valence-electron chi connectivity index (χ0n) is 11.9. The topological polar surface area (TPSA) is 52.6 Å². The van der Waals surface area contributed by atoms with Gasteiger partial charge >= 0.3 is 12.2 Å². The van der Waals surface area contributed by atoms with Crippen LogP contribution in [-0.4, -0.2) is 40.9 Å². The molecule has 2 amide bonds. The highest BCUT2D eigenvalue weighted by Crippen LogP contribution is 2.38. The number of nitrogens with zero attached hydrogens (tertiary/aromatic N) is 1. The predicted molar refractivity (Wildman–Crippen MR) is 72.0 cm³/mol. The molecule has 0 saturated carbocycles. The molecule has 1 aliphatic heterocycles. The second-order valence-electron chi connectivity index (χ2n) is 5.41. The summed E-state index contributed by atoms with van der Waals surface area (Å²) in [5, 5.41) is 12.0. The van der Waals surface area contributed by atoms with E-state index in [1.165, 1.54) is 17.0 Å². The first kappa shape index (κ1) is 16.5. The Hall–Kier alpha value is -1.83. The predicted octanol–water partition coefficient (Wildman–Crippen LogP) is 3.06. The number of rotatable bonds is 1. The Labute approximate surface area is 124 Å². The third-order valence-corrected chi connectivity index (χ3v) is 3.85. The van der Waals surface area contributed by atoms with Gasteiger partial charge in [-0.3, -0.25) is 0 Å². The summed E-state index contributed by atoms with van der Waals surface area (Å²) < 4.78 is 51.2. The van der Waals surface area contributed by atoms with Crippen LogP contribution in [0.25, 0.3) is 0 Å². The van der Waals surface area contributed by atoms with Crippen molar-refractivity contribution in [3.63, 3.8) is 0 Å². The molecule has 0 aromatic heterocycles. The molecule has 4 nitrogen and oxygen atoms in total. The molecule has 0 spiro atoms. The SMILES string of the molecule is Cc1ccc(F)cc1NC(=O)N1CCC(O)(C(F)(F)F)CC1. The maximum atomic E-state index is 13.1. The monoisotopic (exact) mass is 320 g/mol. The minimum atomic E-state index is -4.71. The van der Waals surface area contributed by atoms with Gasteiger partial charge in [0.2, 0.25) is 0 Å². The van der Waals surface area contributed by atoms with Crippen LogP contribution in [0.3, 0.4) is 0 Å². The first-order chi connectivity index (χ1) is 10.1. The molecule has 8 heteroatoms. The maximum Gasteiger partial charge on any atom is 0.417 e. The number of anilines is 1. The van der Waals surface area contributed by atoms with Gasteiger partial charge in [0.15, 0.2) is 5.60 Å². The van der Waals surface area contributed by atoms with Crippen molar-refractivity contribution in [2.45, 2.75) is 31.5 Å². The van der Waals surface area contributed by atoms with Gasteiger partial charge in [-0.25, -0.2) is 9.18 Å². The maximum absolute atomic E-state index is 13.1. The highest BCUT2D eigenvalue weighted by molar-refractivity contribution is 5.90. The van der Waals surface area contributed by atoms with Crippen LogP contribution in [0.4, 0.5) is 28.0 Å². The average Bonchev–Trinajstić information content (AvgIpc) is 2.42. The Morgan fingerprint density at radius 2 is 1.91 bits per heavy atom. The fourth-order valence-electron chi connectivity index (χ4n) is 2.29. The molecule has 0 unspecified atom stereocenters. The van der Waals surface area contributed by atoms with Crippen LogP contribution in [0.15, 0.2) is 18.2 Å². The molecule has 1 aromatic carbocycles. The largest absolute Gasteiger partial charge is 0.417 e. The molecule has 0 bridgehead atoms. The first-order valence-corrected chi connectivity index (χ1v) is 6.73. The second-order valence-corrected chi connectivity index (χ2v) is 5.41. The summed E-state index contributed by atoms with van der Waals surface area (Å²) in [6, 6.07) is 3.26. The number of aliphatic hydroxyl groups is 1. The summed E-state index contributed by atoms with van der Waals surface area (Å²) in [7, 11) is 0. The van der Waals surface area contributed by atoms with Crippen molar-refractivity contribution in [1.82, 2.24) is 4.90 Å². The summed E-state index contributed by atoms with van der Waals surface area (Å²) in [5.41, 5.74) is -1.85. The Bertz CT molecular complexity index is 566. The van der Waals surface area contributed by atoms with Crippen molar-refractivity contribution >= 4 is 11.7 Å². The average molecular weight is 320 g/mol. The molecule has 0 atom stereocenters. The Kier molecular flexibility index (Phi) is 4.32. The van der Waals surface area contributed by atoms with Crippen LogP contribution < -0.4 is 5.32 Å². The number of nitrogens with one attached hydrogen (secondary N) is 1. The smallest absolute Gasteiger partial charge is 0.380 e. The highest BCUT2D eigenvalue weighted by Gasteiger charge is 2.54. The third-order valence-electron chi connectivity index (χ3n) is 3.85. The van der Waals surface area contributed by atoms with Gasteiger partial charge in [0.25, 0.3) is 0 Å². The fraction of sp³-hybridized carbons (Fsp3) is 0.500. The van der Waals surface area contributed by atoms with E-state index in [1.807, 2.05) is 0 Å². The van der Waals surface area contributed by atoms with Crippen molar-refractivity contribution in [1.29, 1.82) is 0 Å². The van der Waals surface area contributed by atoms with Crippen LogP contribution in [-0.2, 0) is 0 Å². The molecule has 122 valence electrons. The number of aryl methyl sites for hydroxylation is 1. The lowest BCUT2D eigenvalue weighted by Crippen LogP contribution is -2.55. The van der Waals surface area contributed by atoms with Crippen molar-refractivity contribution in [3.05, 3.63) is 29.6 Å². The van der Waals surface area contributed by atoms with Crippen molar-refractivity contribution in [2.75, 3.05) is 18.4 Å². The molecule has 1 aliphatic rings. The molecule has 0 aliphatic carbocycles. The molecule has 1 fully saturated rings. The number of piperidine rings is 1. The summed E-state index contributed by atoms with van der Waals surface area (Å²) in [4.78, 5) is 13.2. The molecule has 1 heterocycles. The number of hydrogen-bond acceptors (Lipinski definition) is 2. The van der Waals surface area contributed by atoms with Gasteiger partial charge in [0.1, 0.15) is 5.82 Å². The van der Waals surface area contributed by atoms with Gasteiger partial charge in [-0.15, -0.1) is 0 Å². The lowest BCUT2D eigenvalue weighted by atomic mass is 9.91. The molecular weight excluding hydrogens is 304 g/mol. The zero-order valence-corrected chi connectivity index (χ0v) is 11.9. The lowest BCUT2D eigenvalue weighted by molar-refractivity contribution is -0.271. The van der Waals surface area contributed by atoms with E-state index in [-0.39, 0.29) is 18.8 Å². The van der Waals surface area contributed by atoms with E-state index in [2.05, 4.69) is 5.32 Å². The number of amides is 2. The van der Waals surface area contributed by atoms with Gasteiger partial charge < -0.3 is 15.3 Å². The molecular formula is C14H16F4N2O2. The van der Waals surface area contributed by atoms with Gasteiger partial charge in [-0.2, -0.15) is 13.2 Å². The minimum absolute atomic E-state index is 0.226. The fourth-order valence-corrected chi connectivity index (χ4v) is 2.29. The van der Waals surface area contributed by atoms with Crippen LogP contribution in [0, 0.1) is 12.7 Å². The van der Waals surface area contributed by atoms with Crippen molar-refractivity contribution < 1.29 is 27.5 Å². The van der Waals surface area contributed by atoms with E-state index >= 15 is 0 Å². The molecule has 1 saturated heterocycles. The highest BCUT2D eigenvalue weighted by atomic mass is 19.4. The zero-order chi connectivity index (χ0) is 16.5. The van der Waals surface area contributed by atoms with E-state index in [0.717, 1.165) is 6.07 Å². The number of benzene rings is 1. The lowest BCUT2D eigenvalue weighted by Gasteiger charge is -2.39. The van der Waals surface area contributed by atoms with E-state index in [1.54, 1.807) is 6.92 Å². The number of carbonyl (C=O) groups is 1. The molecule has 2 N–H and O–H groups in total. The molecule has 0 radical (unpaired) electrons. The van der Waals surface area contributed by atoms with Gasteiger partial charge in [0, 0.05) is 31.6 Å². The summed E-state index contributed by atoms with van der Waals surface area (Å²) >= 11 is 0. The van der Waals surface area contributed by atoms with E-state index < -0.39 is 36.5 Å². The van der Waals surface area contributed by atoms with Gasteiger partial charge in [-0.1, -0.05) is 6.07 Å². The van der Waals surface area contributed by atoms with E-state index in [0.29, 0.717) is 5.56 Å². The Balaban J connectivity index is 2.00. The summed E-state index contributed by atoms with van der Waals surface area (Å²) in [5.74, 6) is -0.522. The van der Waals surface area contributed by atoms with Crippen molar-refractivity contribution in [2.24, 2.45) is 0 Å². The standard InChI is InChI=1S/C14H16F4N2O2/c1-9-2-3-10(15)8-11(9)19-12(21)20-6-4-13(22,5-7-20)14(16,17)18/h2-3,8,22H,4-7H2,1H3,(H,19,21). The van der Waals surface area contributed by atoms with E-state index in [4.69, 9.17) is 0 Å². The minimum Gasteiger partial charge on any atom is -0.380 e. The number of urea groups is 1. The molecule has 1 aromatic rings. The number of alkyl halides is 3. The normalized spacial score (nSPS) is 18.2. The molecule has 22 heavy (non-hydrogen) atoms. The van der Waals surface area contributed by atoms with Crippen LogP contribution >= 0.6 is 0 Å². The number of hydrogen-bond donors (Lipinski definition) is 2. The third kappa shape index (κ3) is 3.32. The Morgan fingerprint density at radius 3 is 2.45 bits per heavy atom. The van der Waals surface area contributed by atoms with Gasteiger partial charge in [0.05, 0.1) is 0 Å². The number of carbonyl (C=O) groups excluding carboxylic acids is 1. The van der Waals surface area contributed by atoms with Crippen molar-refractivity contribution in [3.8, 4) is 0 Å². The van der Waals surface area contributed by atoms with E-state index in [9.17, 15) is 27.5 Å². The quantitative estimate of drug-likeness (QED) is 0.782.